The number of hydrogen-bond donors (Lipinski definition) is 0. The van der Waals surface area contributed by atoms with Gasteiger partial charge >= 0.3 is 0 Å². The number of aryl methyl sites for hydroxylation is 1. The fraction of sp³-hybridized carbons (Fsp3) is 0.129. The van der Waals surface area contributed by atoms with Crippen LogP contribution in [0.15, 0.2) is 196 Å². The molecule has 2 aliphatic heterocycles. The lowest BCUT2D eigenvalue weighted by Crippen LogP contribution is -2.60. The van der Waals surface area contributed by atoms with Gasteiger partial charge in [-0.1, -0.05) is 167 Å². The molecule has 0 amide bonds. The summed E-state index contributed by atoms with van der Waals surface area (Å²) in [5.41, 5.74) is 19.1. The van der Waals surface area contributed by atoms with Crippen molar-refractivity contribution in [3.63, 3.8) is 0 Å². The molecule has 68 heavy (non-hydrogen) atoms. The molecule has 2 aliphatic rings. The molecule has 6 heteroatoms. The van der Waals surface area contributed by atoms with Gasteiger partial charge in [-0.2, -0.15) is 0 Å². The molecule has 9 aromatic carbocycles. The number of para-hydroxylation sites is 5. The zero-order valence-corrected chi connectivity index (χ0v) is 39.5. The minimum atomic E-state index is -0.111. The number of anilines is 3. The first kappa shape index (κ1) is 39.7. The maximum absolute atomic E-state index is 7.11. The highest BCUT2D eigenvalue weighted by molar-refractivity contribution is 8.00. The maximum Gasteiger partial charge on any atom is 0.249 e. The van der Waals surface area contributed by atoms with E-state index < -0.39 is 0 Å². The van der Waals surface area contributed by atoms with Crippen LogP contribution in [0.4, 0.5) is 17.1 Å². The summed E-state index contributed by atoms with van der Waals surface area (Å²) in [5, 5.41) is 7.36. The number of benzene rings is 9. The van der Waals surface area contributed by atoms with Gasteiger partial charge in [-0.25, -0.2) is 0 Å². The molecule has 0 saturated heterocycles. The van der Waals surface area contributed by atoms with Crippen LogP contribution >= 0.6 is 11.8 Å². The maximum atomic E-state index is 7.11. The minimum absolute atomic E-state index is 0.00453. The molecular weight excluding hydrogens is 846 g/mol. The van der Waals surface area contributed by atoms with Crippen molar-refractivity contribution in [1.29, 1.82) is 0 Å². The Morgan fingerprint density at radius 2 is 1.07 bits per heavy atom. The first-order chi connectivity index (χ1) is 33.3. The average molecular weight is 894 g/mol. The van der Waals surface area contributed by atoms with Gasteiger partial charge in [0.15, 0.2) is 5.58 Å². The molecule has 12 aromatic rings. The normalized spacial score (nSPS) is 13.4. The zero-order valence-electron chi connectivity index (χ0n) is 38.7. The average Bonchev–Trinajstić information content (AvgIpc) is 4.03. The fourth-order valence-electron chi connectivity index (χ4n) is 11.7. The van der Waals surface area contributed by atoms with Crippen molar-refractivity contribution in [3.05, 3.63) is 193 Å². The van der Waals surface area contributed by atoms with Crippen LogP contribution in [0.3, 0.4) is 0 Å². The second-order valence-corrected chi connectivity index (χ2v) is 21.0. The SMILES string of the molecule is CCCCc1ccc2c(oc3ccccc32)c1N1c2cc(-n3c4ccccc4c4ccccc43)ccc2B2c3ccc(-n4c5ccccc5c5ccccc54)cc3Sc3cc(C(C)(C)C)cc1c32. The summed E-state index contributed by atoms with van der Waals surface area (Å²) >= 11 is 1.94. The van der Waals surface area contributed by atoms with Crippen molar-refractivity contribution in [1.82, 2.24) is 9.13 Å². The van der Waals surface area contributed by atoms with Crippen LogP contribution in [0.1, 0.15) is 51.7 Å². The Labute approximate surface area is 400 Å². The summed E-state index contributed by atoms with van der Waals surface area (Å²) in [6, 6.07) is 68.2. The van der Waals surface area contributed by atoms with E-state index in [-0.39, 0.29) is 12.1 Å². The predicted octanol–water partition coefficient (Wildman–Crippen LogP) is 15.2. The molecule has 0 spiro atoms. The number of nitrogens with zero attached hydrogens (tertiary/aromatic N) is 3. The van der Waals surface area contributed by atoms with Gasteiger partial charge in [0, 0.05) is 64.9 Å². The lowest BCUT2D eigenvalue weighted by molar-refractivity contribution is 0.589. The van der Waals surface area contributed by atoms with Crippen LogP contribution in [-0.2, 0) is 11.8 Å². The van der Waals surface area contributed by atoms with Gasteiger partial charge < -0.3 is 18.5 Å². The zero-order chi connectivity index (χ0) is 45.4. The van der Waals surface area contributed by atoms with Gasteiger partial charge in [-0.05, 0) is 107 Å². The first-order valence-corrected chi connectivity index (χ1v) is 25.0. The topological polar surface area (TPSA) is 26.2 Å². The Balaban J connectivity index is 1.08. The van der Waals surface area contributed by atoms with E-state index in [0.717, 1.165) is 52.6 Å². The van der Waals surface area contributed by atoms with Crippen LogP contribution in [0.5, 0.6) is 0 Å². The first-order valence-electron chi connectivity index (χ1n) is 24.2. The van der Waals surface area contributed by atoms with Gasteiger partial charge in [-0.15, -0.1) is 0 Å². The van der Waals surface area contributed by atoms with E-state index in [1.54, 1.807) is 0 Å². The van der Waals surface area contributed by atoms with E-state index >= 15 is 0 Å². The van der Waals surface area contributed by atoms with Gasteiger partial charge in [0.2, 0.25) is 6.71 Å². The summed E-state index contributed by atoms with van der Waals surface area (Å²) < 4.78 is 12.0. The summed E-state index contributed by atoms with van der Waals surface area (Å²) in [4.78, 5) is 5.25. The van der Waals surface area contributed by atoms with Crippen molar-refractivity contribution in [3.8, 4) is 11.4 Å². The molecule has 0 bridgehead atoms. The lowest BCUT2D eigenvalue weighted by atomic mass is 9.34. The van der Waals surface area contributed by atoms with Gasteiger partial charge in [0.1, 0.15) is 5.58 Å². The Hall–Kier alpha value is -7.41. The molecule has 326 valence electrons. The molecule has 3 aromatic heterocycles. The summed E-state index contributed by atoms with van der Waals surface area (Å²) in [5.74, 6) is 0. The molecule has 0 N–H and O–H groups in total. The van der Waals surface area contributed by atoms with E-state index in [0.29, 0.717) is 0 Å². The molecule has 0 aliphatic carbocycles. The highest BCUT2D eigenvalue weighted by Crippen LogP contribution is 2.49. The third-order valence-corrected chi connectivity index (χ3v) is 16.0. The highest BCUT2D eigenvalue weighted by atomic mass is 32.2. The van der Waals surface area contributed by atoms with Crippen LogP contribution in [0.2, 0.25) is 0 Å². The van der Waals surface area contributed by atoms with E-state index in [1.165, 1.54) is 98.0 Å². The Morgan fingerprint density at radius 1 is 0.515 bits per heavy atom. The molecular formula is C62H48BN3OS. The van der Waals surface area contributed by atoms with Crippen molar-refractivity contribution < 1.29 is 4.42 Å². The molecule has 0 unspecified atom stereocenters. The summed E-state index contributed by atoms with van der Waals surface area (Å²) in [6.07, 6.45) is 3.14. The van der Waals surface area contributed by atoms with Crippen LogP contribution in [-0.4, -0.2) is 15.8 Å². The van der Waals surface area contributed by atoms with E-state index in [2.05, 4.69) is 224 Å². The molecule has 0 radical (unpaired) electrons. The minimum Gasteiger partial charge on any atom is -0.454 e. The molecule has 4 nitrogen and oxygen atoms in total. The monoisotopic (exact) mass is 893 g/mol. The number of furan rings is 1. The second-order valence-electron chi connectivity index (χ2n) is 19.9. The van der Waals surface area contributed by atoms with E-state index in [4.69, 9.17) is 4.42 Å². The molecule has 5 heterocycles. The molecule has 0 saturated carbocycles. The summed E-state index contributed by atoms with van der Waals surface area (Å²) in [7, 11) is 0. The van der Waals surface area contributed by atoms with E-state index in [9.17, 15) is 0 Å². The van der Waals surface area contributed by atoms with Gasteiger partial charge in [0.25, 0.3) is 0 Å². The number of hydrogen-bond acceptors (Lipinski definition) is 3. The smallest absolute Gasteiger partial charge is 0.249 e. The summed E-state index contributed by atoms with van der Waals surface area (Å²) in [6.45, 7) is 9.37. The van der Waals surface area contributed by atoms with Crippen LogP contribution in [0.25, 0.3) is 76.9 Å². The second kappa shape index (κ2) is 14.8. The number of unbranched alkanes of at least 4 members (excludes halogenated alkanes) is 1. The fourth-order valence-corrected chi connectivity index (χ4v) is 12.9. The Morgan fingerprint density at radius 3 is 1.68 bits per heavy atom. The largest absolute Gasteiger partial charge is 0.454 e. The van der Waals surface area contributed by atoms with Crippen molar-refractivity contribution in [2.45, 2.75) is 62.2 Å². The Bertz CT molecular complexity index is 3960. The molecule has 14 rings (SSSR count). The molecule has 0 atom stereocenters. The van der Waals surface area contributed by atoms with E-state index in [1.807, 2.05) is 11.8 Å². The van der Waals surface area contributed by atoms with Gasteiger partial charge in [-0.3, -0.25) is 0 Å². The predicted molar refractivity (Wildman–Crippen MR) is 290 cm³/mol. The standard InChI is InChI=1S/C62H48BN3OS/c1-5-6-17-38-28-31-47-46-22-11-16-27-56(46)67-61(47)60(38)66-54-36-40(64-50-23-12-7-18-42(50)43-19-8-13-24-51(43)64)29-32-48(54)63-49-33-30-41(65-52-25-14-9-20-44(52)45-21-10-15-26-53(45)65)37-57(49)68-58-35-39(62(2,3)4)34-55(66)59(58)63/h7-16,18-37H,5-6,17H2,1-4H3. The van der Waals surface area contributed by atoms with Crippen molar-refractivity contribution in [2.24, 2.45) is 0 Å². The number of fused-ring (bicyclic) bond motifs is 13. The van der Waals surface area contributed by atoms with Crippen LogP contribution < -0.4 is 21.3 Å². The highest BCUT2D eigenvalue weighted by Gasteiger charge is 2.43. The van der Waals surface area contributed by atoms with Crippen molar-refractivity contribution >= 4 is 117 Å². The molecule has 0 fully saturated rings. The third kappa shape index (κ3) is 5.70. The third-order valence-electron chi connectivity index (χ3n) is 14.9. The Kier molecular flexibility index (Phi) is 8.65. The van der Waals surface area contributed by atoms with Gasteiger partial charge in [0.05, 0.1) is 27.8 Å². The quantitative estimate of drug-likeness (QED) is 0.156. The number of aromatic nitrogens is 2. The lowest BCUT2D eigenvalue weighted by Gasteiger charge is -2.42. The van der Waals surface area contributed by atoms with Crippen LogP contribution in [0, 0.1) is 0 Å². The van der Waals surface area contributed by atoms with Crippen molar-refractivity contribution in [2.75, 3.05) is 4.90 Å². The number of rotatable bonds is 6.